The minimum Gasteiger partial charge on any atom is -0.497 e. The summed E-state index contributed by atoms with van der Waals surface area (Å²) in [5.41, 5.74) is -0.0438. The van der Waals surface area contributed by atoms with Crippen LogP contribution < -0.4 is 15.4 Å². The van der Waals surface area contributed by atoms with Gasteiger partial charge in [0, 0.05) is 35.4 Å². The number of nitrogens with zero attached hydrogens (tertiary/aromatic N) is 2. The molecule has 0 radical (unpaired) electrons. The molecule has 2 N–H and O–H groups in total. The second-order valence-corrected chi connectivity index (χ2v) is 6.77. The number of carbonyl (C=O) groups is 2. The summed E-state index contributed by atoms with van der Waals surface area (Å²) in [6.07, 6.45) is -1.07. The molecule has 2 amide bonds. The van der Waals surface area contributed by atoms with Crippen molar-refractivity contribution in [3.05, 3.63) is 110 Å². The number of nitrogens with one attached hydrogen (secondary N) is 2. The highest BCUT2D eigenvalue weighted by Crippen LogP contribution is 2.20. The summed E-state index contributed by atoms with van der Waals surface area (Å²) in [5.74, 6) is -0.886. The Hall–Kier alpha value is -4.80. The predicted molar refractivity (Wildman–Crippen MR) is 117 cm³/mol. The third-order valence-corrected chi connectivity index (χ3v) is 4.62. The van der Waals surface area contributed by atoms with Crippen molar-refractivity contribution in [2.75, 3.05) is 7.11 Å². The lowest BCUT2D eigenvalue weighted by Gasteiger charge is -2.21. The summed E-state index contributed by atoms with van der Waals surface area (Å²) in [6, 6.07) is 16.8. The lowest BCUT2D eigenvalue weighted by Crippen LogP contribution is -2.41. The maximum atomic E-state index is 12.8. The van der Waals surface area contributed by atoms with Crippen LogP contribution in [0.4, 0.5) is 11.4 Å². The first-order valence-corrected chi connectivity index (χ1v) is 9.53. The van der Waals surface area contributed by atoms with Crippen LogP contribution in [0.1, 0.15) is 32.4 Å². The number of carbonyl (C=O) groups excluding carboxylic acids is 2. The maximum absolute atomic E-state index is 12.8. The van der Waals surface area contributed by atoms with E-state index in [1.54, 1.807) is 24.3 Å². The van der Waals surface area contributed by atoms with E-state index >= 15 is 0 Å². The molecule has 11 heteroatoms. The molecule has 0 aliphatic heterocycles. The first-order valence-electron chi connectivity index (χ1n) is 9.53. The molecule has 3 rings (SSSR count). The summed E-state index contributed by atoms with van der Waals surface area (Å²) in [5, 5.41) is 27.3. The van der Waals surface area contributed by atoms with Crippen molar-refractivity contribution in [1.82, 2.24) is 10.6 Å². The van der Waals surface area contributed by atoms with Gasteiger partial charge in [-0.25, -0.2) is 0 Å². The fourth-order valence-corrected chi connectivity index (χ4v) is 2.97. The highest BCUT2D eigenvalue weighted by molar-refractivity contribution is 5.97. The fraction of sp³-hybridized carbons (Fsp3) is 0.0909. The van der Waals surface area contributed by atoms with E-state index in [2.05, 4.69) is 10.6 Å². The van der Waals surface area contributed by atoms with Gasteiger partial charge in [0.05, 0.1) is 17.0 Å². The van der Waals surface area contributed by atoms with Crippen LogP contribution in [0.2, 0.25) is 0 Å². The molecule has 0 spiro atoms. The van der Waals surface area contributed by atoms with E-state index in [-0.39, 0.29) is 22.5 Å². The van der Waals surface area contributed by atoms with Crippen molar-refractivity contribution in [3.8, 4) is 5.75 Å². The zero-order valence-corrected chi connectivity index (χ0v) is 17.3. The number of amides is 2. The molecule has 0 heterocycles. The SMILES string of the molecule is COc1cccc(C(NC(=O)c2cccc([N+](=O)[O-])c2)NC(=O)c2cccc([N+](=O)[O-])c2)c1. The zero-order valence-electron chi connectivity index (χ0n) is 17.3. The molecule has 0 unspecified atom stereocenters. The molecule has 0 saturated heterocycles. The van der Waals surface area contributed by atoms with Crippen molar-refractivity contribution in [1.29, 1.82) is 0 Å². The van der Waals surface area contributed by atoms with Gasteiger partial charge in [0.2, 0.25) is 0 Å². The molecule has 3 aromatic rings. The molecule has 33 heavy (non-hydrogen) atoms. The van der Waals surface area contributed by atoms with Crippen LogP contribution in [-0.2, 0) is 0 Å². The number of hydrogen-bond acceptors (Lipinski definition) is 7. The molecule has 11 nitrogen and oxygen atoms in total. The molecular weight excluding hydrogens is 432 g/mol. The molecule has 0 saturated carbocycles. The molecular formula is C22H18N4O7. The Morgan fingerprint density at radius 3 is 1.73 bits per heavy atom. The summed E-state index contributed by atoms with van der Waals surface area (Å²) >= 11 is 0. The summed E-state index contributed by atoms with van der Waals surface area (Å²) < 4.78 is 5.19. The Balaban J connectivity index is 1.91. The topological polar surface area (TPSA) is 154 Å². The van der Waals surface area contributed by atoms with E-state index < -0.39 is 27.8 Å². The van der Waals surface area contributed by atoms with Crippen molar-refractivity contribution in [3.63, 3.8) is 0 Å². The average molecular weight is 450 g/mol. The van der Waals surface area contributed by atoms with Crippen LogP contribution in [0, 0.1) is 20.2 Å². The normalized spacial score (nSPS) is 10.4. The van der Waals surface area contributed by atoms with Crippen LogP contribution >= 0.6 is 0 Å². The minimum absolute atomic E-state index is 0.0155. The number of ether oxygens (including phenoxy) is 1. The highest BCUT2D eigenvalue weighted by atomic mass is 16.6. The van der Waals surface area contributed by atoms with E-state index in [9.17, 15) is 29.8 Å². The second kappa shape index (κ2) is 10.0. The molecule has 0 aliphatic rings. The predicted octanol–water partition coefficient (Wildman–Crippen LogP) is 3.37. The summed E-state index contributed by atoms with van der Waals surface area (Å²) in [7, 11) is 1.46. The number of nitro benzene ring substituents is 2. The number of hydrogen-bond donors (Lipinski definition) is 2. The van der Waals surface area contributed by atoms with E-state index in [0.717, 1.165) is 12.1 Å². The number of methoxy groups -OCH3 is 1. The molecule has 168 valence electrons. The molecule has 0 aromatic heterocycles. The van der Waals surface area contributed by atoms with Crippen LogP contribution in [0.25, 0.3) is 0 Å². The van der Waals surface area contributed by atoms with Gasteiger partial charge in [0.25, 0.3) is 23.2 Å². The smallest absolute Gasteiger partial charge is 0.270 e. The van der Waals surface area contributed by atoms with Crippen LogP contribution in [-0.4, -0.2) is 28.8 Å². The Bertz CT molecular complexity index is 1160. The van der Waals surface area contributed by atoms with Gasteiger partial charge < -0.3 is 15.4 Å². The van der Waals surface area contributed by atoms with Gasteiger partial charge in [-0.2, -0.15) is 0 Å². The number of benzene rings is 3. The Morgan fingerprint density at radius 1 is 0.788 bits per heavy atom. The average Bonchev–Trinajstić information content (AvgIpc) is 2.83. The Labute approximate surface area is 187 Å². The standard InChI is InChI=1S/C22H18N4O7/c1-33-19-10-4-5-14(13-19)20(23-21(27)15-6-2-8-17(11-15)25(29)30)24-22(28)16-7-3-9-18(12-16)26(31)32/h2-13,20H,1H3,(H,23,27)(H,24,28). The maximum Gasteiger partial charge on any atom is 0.270 e. The van der Waals surface area contributed by atoms with E-state index in [1.807, 2.05) is 0 Å². The number of non-ortho nitro benzene ring substituents is 2. The minimum atomic E-state index is -1.07. The van der Waals surface area contributed by atoms with Crippen molar-refractivity contribution in [2.24, 2.45) is 0 Å². The van der Waals surface area contributed by atoms with Gasteiger partial charge in [-0.1, -0.05) is 24.3 Å². The van der Waals surface area contributed by atoms with Crippen LogP contribution in [0.3, 0.4) is 0 Å². The summed E-state index contributed by atoms with van der Waals surface area (Å²) in [4.78, 5) is 46.4. The van der Waals surface area contributed by atoms with Gasteiger partial charge in [0.1, 0.15) is 11.9 Å². The Kier molecular flexibility index (Phi) is 6.94. The van der Waals surface area contributed by atoms with E-state index in [0.29, 0.717) is 11.3 Å². The van der Waals surface area contributed by atoms with E-state index in [4.69, 9.17) is 4.74 Å². The van der Waals surface area contributed by atoms with Crippen LogP contribution in [0.15, 0.2) is 72.8 Å². The number of nitro groups is 2. The van der Waals surface area contributed by atoms with Crippen LogP contribution in [0.5, 0.6) is 5.75 Å². The molecule has 0 fully saturated rings. The number of rotatable bonds is 8. The Morgan fingerprint density at radius 2 is 1.27 bits per heavy atom. The molecule has 3 aromatic carbocycles. The lowest BCUT2D eigenvalue weighted by atomic mass is 10.1. The first-order chi connectivity index (χ1) is 15.8. The van der Waals surface area contributed by atoms with Crippen molar-refractivity contribution >= 4 is 23.2 Å². The monoisotopic (exact) mass is 450 g/mol. The van der Waals surface area contributed by atoms with Gasteiger partial charge in [-0.15, -0.1) is 0 Å². The highest BCUT2D eigenvalue weighted by Gasteiger charge is 2.21. The van der Waals surface area contributed by atoms with Gasteiger partial charge in [0.15, 0.2) is 0 Å². The molecule has 0 bridgehead atoms. The quantitative estimate of drug-likeness (QED) is 0.303. The second-order valence-electron chi connectivity index (χ2n) is 6.77. The zero-order chi connectivity index (χ0) is 24.0. The largest absolute Gasteiger partial charge is 0.497 e. The lowest BCUT2D eigenvalue weighted by molar-refractivity contribution is -0.385. The first kappa shape index (κ1) is 22.9. The third kappa shape index (κ3) is 5.67. The van der Waals surface area contributed by atoms with Crippen molar-refractivity contribution < 1.29 is 24.2 Å². The van der Waals surface area contributed by atoms with Gasteiger partial charge in [-0.3, -0.25) is 29.8 Å². The van der Waals surface area contributed by atoms with Gasteiger partial charge >= 0.3 is 0 Å². The third-order valence-electron chi connectivity index (χ3n) is 4.62. The molecule has 0 aliphatic carbocycles. The van der Waals surface area contributed by atoms with E-state index in [1.165, 1.54) is 43.5 Å². The summed E-state index contributed by atoms with van der Waals surface area (Å²) in [6.45, 7) is 0. The van der Waals surface area contributed by atoms with Crippen molar-refractivity contribution in [2.45, 2.75) is 6.17 Å². The fourth-order valence-electron chi connectivity index (χ4n) is 2.97. The molecule has 0 atom stereocenters. The van der Waals surface area contributed by atoms with Gasteiger partial charge in [-0.05, 0) is 29.8 Å².